The van der Waals surface area contributed by atoms with Crippen LogP contribution >= 0.6 is 0 Å². The summed E-state index contributed by atoms with van der Waals surface area (Å²) in [6, 6.07) is 30.0. The van der Waals surface area contributed by atoms with Gasteiger partial charge in [-0.25, -0.2) is 0 Å². The highest BCUT2D eigenvalue weighted by Gasteiger charge is 2.39. The number of rotatable bonds is 6. The van der Waals surface area contributed by atoms with Crippen LogP contribution in [0.5, 0.6) is 23.0 Å². The molecule has 0 saturated carbocycles. The van der Waals surface area contributed by atoms with Gasteiger partial charge in [0.15, 0.2) is 0 Å². The first kappa shape index (κ1) is 18.7. The predicted octanol–water partition coefficient (Wildman–Crippen LogP) is 7.41. The van der Waals surface area contributed by atoms with Crippen molar-refractivity contribution in [3.63, 3.8) is 0 Å². The first-order valence-corrected chi connectivity index (χ1v) is 9.17. The average Bonchev–Trinajstić information content (AvgIpc) is 2.76. The fourth-order valence-electron chi connectivity index (χ4n) is 3.01. The molecule has 4 heteroatoms. The number of para-hydroxylation sites is 4. The zero-order chi connectivity index (χ0) is 20.1. The Balaban J connectivity index is 1.73. The summed E-state index contributed by atoms with van der Waals surface area (Å²) in [6.07, 6.45) is 0. The van der Waals surface area contributed by atoms with Crippen molar-refractivity contribution in [2.45, 2.75) is 5.92 Å². The highest BCUT2D eigenvalue weighted by atomic mass is 19.3. The van der Waals surface area contributed by atoms with Gasteiger partial charge in [-0.3, -0.25) is 0 Å². The Morgan fingerprint density at radius 2 is 0.793 bits per heavy atom. The van der Waals surface area contributed by atoms with Gasteiger partial charge in [-0.15, -0.1) is 0 Å². The standard InChI is InChI=1S/C25H18F2O2/c26-25(27,21-15-7-9-17-23(21)28-19-11-3-1-4-12-19)22-16-8-10-18-24(22)29-20-13-5-2-6-14-20/h1-18H. The Bertz CT molecular complexity index is 993. The third-order valence-electron chi connectivity index (χ3n) is 4.39. The molecule has 0 aliphatic rings. The lowest BCUT2D eigenvalue weighted by molar-refractivity contribution is 0.0386. The van der Waals surface area contributed by atoms with Crippen molar-refractivity contribution in [2.75, 3.05) is 0 Å². The SMILES string of the molecule is FC(F)(c1ccccc1Oc1ccccc1)c1ccccc1Oc1ccccc1. The van der Waals surface area contributed by atoms with E-state index in [0.717, 1.165) is 0 Å². The molecule has 2 nitrogen and oxygen atoms in total. The number of ether oxygens (including phenoxy) is 2. The maximum Gasteiger partial charge on any atom is 0.305 e. The second-order valence-corrected chi connectivity index (χ2v) is 6.40. The van der Waals surface area contributed by atoms with E-state index in [1.165, 1.54) is 24.3 Å². The Morgan fingerprint density at radius 3 is 1.21 bits per heavy atom. The quantitative estimate of drug-likeness (QED) is 0.342. The lowest BCUT2D eigenvalue weighted by atomic mass is 9.98. The monoisotopic (exact) mass is 388 g/mol. The summed E-state index contributed by atoms with van der Waals surface area (Å²) in [5.41, 5.74) is -0.457. The van der Waals surface area contributed by atoms with Crippen LogP contribution in [0.4, 0.5) is 8.78 Å². The Kier molecular flexibility index (Phi) is 5.25. The van der Waals surface area contributed by atoms with E-state index in [0.29, 0.717) is 11.5 Å². The van der Waals surface area contributed by atoms with Crippen molar-refractivity contribution < 1.29 is 18.3 Å². The van der Waals surface area contributed by atoms with Crippen LogP contribution in [0.3, 0.4) is 0 Å². The summed E-state index contributed by atoms with van der Waals surface area (Å²) in [5, 5.41) is 0. The fraction of sp³-hybridized carbons (Fsp3) is 0.0400. The number of halogens is 2. The maximum absolute atomic E-state index is 15.7. The van der Waals surface area contributed by atoms with Crippen LogP contribution in [0.2, 0.25) is 0 Å². The van der Waals surface area contributed by atoms with Crippen molar-refractivity contribution in [3.8, 4) is 23.0 Å². The topological polar surface area (TPSA) is 18.5 Å². The van der Waals surface area contributed by atoms with Gasteiger partial charge in [0.1, 0.15) is 23.0 Å². The van der Waals surface area contributed by atoms with Gasteiger partial charge in [-0.2, -0.15) is 8.78 Å². The van der Waals surface area contributed by atoms with Gasteiger partial charge in [0.05, 0.1) is 11.1 Å². The Morgan fingerprint density at radius 1 is 0.448 bits per heavy atom. The summed E-state index contributed by atoms with van der Waals surface area (Å²) < 4.78 is 42.8. The summed E-state index contributed by atoms with van der Waals surface area (Å²) in [6.45, 7) is 0. The molecule has 0 fully saturated rings. The van der Waals surface area contributed by atoms with Gasteiger partial charge in [-0.05, 0) is 48.5 Å². The summed E-state index contributed by atoms with van der Waals surface area (Å²) in [4.78, 5) is 0. The van der Waals surface area contributed by atoms with Crippen molar-refractivity contribution in [2.24, 2.45) is 0 Å². The van der Waals surface area contributed by atoms with E-state index in [1.54, 1.807) is 72.8 Å². The molecular formula is C25H18F2O2. The second kappa shape index (κ2) is 8.15. The van der Waals surface area contributed by atoms with Crippen molar-refractivity contribution in [1.29, 1.82) is 0 Å². The third kappa shape index (κ3) is 4.11. The van der Waals surface area contributed by atoms with Crippen LogP contribution in [0.1, 0.15) is 11.1 Å². The molecule has 0 amide bonds. The fourth-order valence-corrected chi connectivity index (χ4v) is 3.01. The van der Waals surface area contributed by atoms with E-state index in [2.05, 4.69) is 0 Å². The molecule has 4 aromatic carbocycles. The zero-order valence-corrected chi connectivity index (χ0v) is 15.5. The van der Waals surface area contributed by atoms with Crippen LogP contribution < -0.4 is 9.47 Å². The number of hydrogen-bond acceptors (Lipinski definition) is 2. The van der Waals surface area contributed by atoms with Crippen LogP contribution in [0.25, 0.3) is 0 Å². The van der Waals surface area contributed by atoms with Gasteiger partial charge >= 0.3 is 5.92 Å². The smallest absolute Gasteiger partial charge is 0.305 e. The number of benzene rings is 4. The Hall–Kier alpha value is -3.66. The number of hydrogen-bond donors (Lipinski definition) is 0. The van der Waals surface area contributed by atoms with Crippen molar-refractivity contribution >= 4 is 0 Å². The Labute approximate surface area is 168 Å². The van der Waals surface area contributed by atoms with Crippen molar-refractivity contribution in [1.82, 2.24) is 0 Å². The minimum atomic E-state index is -3.32. The van der Waals surface area contributed by atoms with Crippen LogP contribution in [-0.4, -0.2) is 0 Å². The molecule has 144 valence electrons. The van der Waals surface area contributed by atoms with Gasteiger partial charge in [-0.1, -0.05) is 60.7 Å². The molecular weight excluding hydrogens is 370 g/mol. The summed E-state index contributed by atoms with van der Waals surface area (Å²) in [5.74, 6) is -2.15. The molecule has 0 atom stereocenters. The first-order valence-electron chi connectivity index (χ1n) is 9.17. The summed E-state index contributed by atoms with van der Waals surface area (Å²) >= 11 is 0. The normalized spacial score (nSPS) is 11.1. The van der Waals surface area contributed by atoms with E-state index >= 15 is 8.78 Å². The highest BCUT2D eigenvalue weighted by Crippen LogP contribution is 2.45. The molecule has 0 N–H and O–H groups in total. The van der Waals surface area contributed by atoms with E-state index in [9.17, 15) is 0 Å². The molecule has 0 spiro atoms. The van der Waals surface area contributed by atoms with Crippen LogP contribution in [0, 0.1) is 0 Å². The van der Waals surface area contributed by atoms with Gasteiger partial charge < -0.3 is 9.47 Å². The van der Waals surface area contributed by atoms with Crippen LogP contribution in [-0.2, 0) is 5.92 Å². The molecule has 0 unspecified atom stereocenters. The van der Waals surface area contributed by atoms with Gasteiger partial charge in [0.2, 0.25) is 0 Å². The second-order valence-electron chi connectivity index (χ2n) is 6.40. The first-order chi connectivity index (χ1) is 14.1. The molecule has 0 aromatic heterocycles. The van der Waals surface area contributed by atoms with E-state index in [-0.39, 0.29) is 22.6 Å². The molecule has 0 radical (unpaired) electrons. The lowest BCUT2D eigenvalue weighted by Gasteiger charge is -2.22. The third-order valence-corrected chi connectivity index (χ3v) is 4.39. The minimum Gasteiger partial charge on any atom is -0.457 e. The molecule has 29 heavy (non-hydrogen) atoms. The largest absolute Gasteiger partial charge is 0.457 e. The van der Waals surface area contributed by atoms with Gasteiger partial charge in [0, 0.05) is 0 Å². The van der Waals surface area contributed by atoms with Crippen molar-refractivity contribution in [3.05, 3.63) is 120 Å². The zero-order valence-electron chi connectivity index (χ0n) is 15.5. The molecule has 4 aromatic rings. The maximum atomic E-state index is 15.7. The average molecular weight is 388 g/mol. The minimum absolute atomic E-state index is 0.0956. The van der Waals surface area contributed by atoms with Crippen LogP contribution in [0.15, 0.2) is 109 Å². The molecule has 0 heterocycles. The molecule has 0 saturated heterocycles. The number of alkyl halides is 2. The predicted molar refractivity (Wildman–Crippen MR) is 109 cm³/mol. The molecule has 0 aliphatic heterocycles. The highest BCUT2D eigenvalue weighted by molar-refractivity contribution is 5.50. The molecule has 4 rings (SSSR count). The summed E-state index contributed by atoms with van der Waals surface area (Å²) in [7, 11) is 0. The van der Waals surface area contributed by atoms with E-state index in [1.807, 2.05) is 12.1 Å². The van der Waals surface area contributed by atoms with E-state index in [4.69, 9.17) is 9.47 Å². The van der Waals surface area contributed by atoms with Gasteiger partial charge in [0.25, 0.3) is 0 Å². The molecule has 0 bridgehead atoms. The molecule has 0 aliphatic carbocycles. The van der Waals surface area contributed by atoms with E-state index < -0.39 is 5.92 Å². The lowest BCUT2D eigenvalue weighted by Crippen LogP contribution is -2.17.